The number of rotatable bonds is 3. The third kappa shape index (κ3) is 3.20. The minimum absolute atomic E-state index is 0.496. The molecular formula is C13H13BrN2O. The van der Waals surface area contributed by atoms with Gasteiger partial charge in [0.05, 0.1) is 11.9 Å². The molecule has 0 saturated carbocycles. The first-order valence-electron chi connectivity index (χ1n) is 5.24. The van der Waals surface area contributed by atoms with Crippen LogP contribution < -0.4 is 10.5 Å². The fourth-order valence-corrected chi connectivity index (χ4v) is 1.85. The van der Waals surface area contributed by atoms with Gasteiger partial charge in [0.25, 0.3) is 0 Å². The lowest BCUT2D eigenvalue weighted by Gasteiger charge is -2.07. The normalized spacial score (nSPS) is 10.2. The van der Waals surface area contributed by atoms with E-state index in [9.17, 15) is 0 Å². The fourth-order valence-electron chi connectivity index (χ4n) is 1.40. The second-order valence-electron chi connectivity index (χ2n) is 3.80. The number of benzene rings is 1. The van der Waals surface area contributed by atoms with Gasteiger partial charge in [0, 0.05) is 10.5 Å². The number of nitrogens with two attached hydrogens (primary N) is 1. The molecule has 0 bridgehead atoms. The Hall–Kier alpha value is -1.55. The molecule has 0 saturated heterocycles. The van der Waals surface area contributed by atoms with Crippen LogP contribution in [0.2, 0.25) is 0 Å². The molecule has 1 heterocycles. The van der Waals surface area contributed by atoms with E-state index in [0.717, 1.165) is 15.6 Å². The summed E-state index contributed by atoms with van der Waals surface area (Å²) in [7, 11) is 0. The Morgan fingerprint density at radius 1 is 1.35 bits per heavy atom. The maximum absolute atomic E-state index is 5.69. The van der Waals surface area contributed by atoms with E-state index in [1.807, 2.05) is 37.3 Å². The summed E-state index contributed by atoms with van der Waals surface area (Å²) in [5.41, 5.74) is 8.44. The molecule has 2 N–H and O–H groups in total. The minimum Gasteiger partial charge on any atom is -0.473 e. The summed E-state index contributed by atoms with van der Waals surface area (Å²) in [6, 6.07) is 9.83. The second kappa shape index (κ2) is 5.19. The van der Waals surface area contributed by atoms with Crippen LogP contribution in [0.1, 0.15) is 11.1 Å². The van der Waals surface area contributed by atoms with E-state index in [-0.39, 0.29) is 0 Å². The van der Waals surface area contributed by atoms with E-state index in [1.165, 1.54) is 0 Å². The summed E-state index contributed by atoms with van der Waals surface area (Å²) in [4.78, 5) is 4.12. The van der Waals surface area contributed by atoms with Crippen molar-refractivity contribution >= 4 is 21.6 Å². The summed E-state index contributed by atoms with van der Waals surface area (Å²) < 4.78 is 6.64. The Morgan fingerprint density at radius 2 is 2.18 bits per heavy atom. The third-order valence-electron chi connectivity index (χ3n) is 2.40. The highest BCUT2D eigenvalue weighted by molar-refractivity contribution is 9.10. The topological polar surface area (TPSA) is 48.1 Å². The number of ether oxygens (including phenoxy) is 1. The minimum atomic E-state index is 0.496. The van der Waals surface area contributed by atoms with Gasteiger partial charge in [-0.3, -0.25) is 0 Å². The van der Waals surface area contributed by atoms with Crippen molar-refractivity contribution in [2.75, 3.05) is 5.73 Å². The highest BCUT2D eigenvalue weighted by atomic mass is 79.9. The Morgan fingerprint density at radius 3 is 2.88 bits per heavy atom. The van der Waals surface area contributed by atoms with Crippen molar-refractivity contribution in [2.45, 2.75) is 13.5 Å². The van der Waals surface area contributed by atoms with Gasteiger partial charge < -0.3 is 10.5 Å². The highest BCUT2D eigenvalue weighted by Crippen LogP contribution is 2.17. The molecule has 4 heteroatoms. The Kier molecular flexibility index (Phi) is 3.64. The van der Waals surface area contributed by atoms with Crippen molar-refractivity contribution in [1.29, 1.82) is 0 Å². The maximum Gasteiger partial charge on any atom is 0.213 e. The Bertz CT molecular complexity index is 529. The molecule has 0 radical (unpaired) electrons. The number of anilines is 1. The van der Waals surface area contributed by atoms with Gasteiger partial charge in [0.1, 0.15) is 6.61 Å². The molecule has 0 unspecified atom stereocenters. The molecule has 0 aliphatic carbocycles. The van der Waals surface area contributed by atoms with E-state index in [4.69, 9.17) is 10.5 Å². The summed E-state index contributed by atoms with van der Waals surface area (Å²) in [5.74, 6) is 0.594. The second-order valence-corrected chi connectivity index (χ2v) is 4.71. The summed E-state index contributed by atoms with van der Waals surface area (Å²) in [6.07, 6.45) is 1.62. The number of hydrogen-bond acceptors (Lipinski definition) is 3. The van der Waals surface area contributed by atoms with Crippen molar-refractivity contribution in [2.24, 2.45) is 0 Å². The van der Waals surface area contributed by atoms with E-state index in [0.29, 0.717) is 18.2 Å². The van der Waals surface area contributed by atoms with E-state index >= 15 is 0 Å². The van der Waals surface area contributed by atoms with Crippen molar-refractivity contribution in [3.8, 4) is 5.88 Å². The number of hydrogen-bond donors (Lipinski definition) is 1. The molecule has 0 aliphatic rings. The number of pyridine rings is 1. The molecular weight excluding hydrogens is 280 g/mol. The van der Waals surface area contributed by atoms with Gasteiger partial charge in [-0.05, 0) is 30.2 Å². The number of nitrogen functional groups attached to an aromatic ring is 1. The number of aryl methyl sites for hydroxylation is 1. The molecule has 1 aromatic carbocycles. The van der Waals surface area contributed by atoms with Gasteiger partial charge in [0.2, 0.25) is 5.88 Å². The summed E-state index contributed by atoms with van der Waals surface area (Å²) in [5, 5.41) is 0. The molecule has 0 spiro atoms. The molecule has 0 atom stereocenters. The van der Waals surface area contributed by atoms with Crippen molar-refractivity contribution in [1.82, 2.24) is 4.98 Å². The Labute approximate surface area is 109 Å². The largest absolute Gasteiger partial charge is 0.473 e. The monoisotopic (exact) mass is 292 g/mol. The first kappa shape index (κ1) is 11.9. The SMILES string of the molecule is Cc1cc(OCc2cccc(Br)c2)ncc1N. The van der Waals surface area contributed by atoms with Crippen LogP contribution in [0.25, 0.3) is 0 Å². The van der Waals surface area contributed by atoms with Crippen LogP contribution in [0.4, 0.5) is 5.69 Å². The lowest BCUT2D eigenvalue weighted by molar-refractivity contribution is 0.293. The summed E-state index contributed by atoms with van der Waals surface area (Å²) in [6.45, 7) is 2.43. The molecule has 3 nitrogen and oxygen atoms in total. The van der Waals surface area contributed by atoms with Gasteiger partial charge in [-0.1, -0.05) is 28.1 Å². The zero-order chi connectivity index (χ0) is 12.3. The smallest absolute Gasteiger partial charge is 0.213 e. The Balaban J connectivity index is 2.05. The highest BCUT2D eigenvalue weighted by Gasteiger charge is 2.00. The number of aromatic nitrogens is 1. The quantitative estimate of drug-likeness (QED) is 0.944. The van der Waals surface area contributed by atoms with Crippen molar-refractivity contribution in [3.05, 3.63) is 52.1 Å². The predicted molar refractivity (Wildman–Crippen MR) is 71.9 cm³/mol. The van der Waals surface area contributed by atoms with Crippen molar-refractivity contribution < 1.29 is 4.74 Å². The zero-order valence-corrected chi connectivity index (χ0v) is 11.1. The van der Waals surface area contributed by atoms with Gasteiger partial charge >= 0.3 is 0 Å². The van der Waals surface area contributed by atoms with Crippen LogP contribution in [-0.4, -0.2) is 4.98 Å². The molecule has 0 fully saturated rings. The molecule has 17 heavy (non-hydrogen) atoms. The van der Waals surface area contributed by atoms with E-state index in [1.54, 1.807) is 6.20 Å². The van der Waals surface area contributed by atoms with Gasteiger partial charge in [-0.2, -0.15) is 0 Å². The average molecular weight is 293 g/mol. The molecule has 1 aromatic heterocycles. The van der Waals surface area contributed by atoms with Crippen LogP contribution in [0.15, 0.2) is 41.0 Å². The van der Waals surface area contributed by atoms with Gasteiger partial charge in [-0.25, -0.2) is 4.98 Å². The molecule has 0 amide bonds. The van der Waals surface area contributed by atoms with Crippen LogP contribution in [0, 0.1) is 6.92 Å². The van der Waals surface area contributed by atoms with Crippen LogP contribution in [0.3, 0.4) is 0 Å². The number of halogens is 1. The zero-order valence-electron chi connectivity index (χ0n) is 9.48. The first-order chi connectivity index (χ1) is 8.15. The van der Waals surface area contributed by atoms with E-state index < -0.39 is 0 Å². The van der Waals surface area contributed by atoms with Crippen LogP contribution >= 0.6 is 15.9 Å². The predicted octanol–water partition coefficient (Wildman–Crippen LogP) is 3.31. The number of nitrogens with zero attached hydrogens (tertiary/aromatic N) is 1. The fraction of sp³-hybridized carbons (Fsp3) is 0.154. The average Bonchev–Trinajstić information content (AvgIpc) is 2.31. The summed E-state index contributed by atoms with van der Waals surface area (Å²) >= 11 is 3.42. The van der Waals surface area contributed by atoms with E-state index in [2.05, 4.69) is 20.9 Å². The molecule has 2 rings (SSSR count). The van der Waals surface area contributed by atoms with Gasteiger partial charge in [0.15, 0.2) is 0 Å². The molecule has 2 aromatic rings. The lowest BCUT2D eigenvalue weighted by Crippen LogP contribution is -1.99. The van der Waals surface area contributed by atoms with Gasteiger partial charge in [-0.15, -0.1) is 0 Å². The first-order valence-corrected chi connectivity index (χ1v) is 6.04. The maximum atomic E-state index is 5.69. The lowest BCUT2D eigenvalue weighted by atomic mass is 10.2. The molecule has 0 aliphatic heterocycles. The molecule has 88 valence electrons. The van der Waals surface area contributed by atoms with Crippen molar-refractivity contribution in [3.63, 3.8) is 0 Å². The van der Waals surface area contributed by atoms with Crippen LogP contribution in [0.5, 0.6) is 5.88 Å². The standard InChI is InChI=1S/C13H13BrN2O/c1-9-5-13(16-7-12(9)15)17-8-10-3-2-4-11(14)6-10/h2-7H,8,15H2,1H3. The van der Waals surface area contributed by atoms with Crippen LogP contribution in [-0.2, 0) is 6.61 Å². The third-order valence-corrected chi connectivity index (χ3v) is 2.90.